The van der Waals surface area contributed by atoms with E-state index in [2.05, 4.69) is 0 Å². The Morgan fingerprint density at radius 3 is 2.00 bits per heavy atom. The maximum Gasteiger partial charge on any atom is 0.417 e. The minimum Gasteiger partial charge on any atom is -0.380 e. The molecule has 1 saturated heterocycles. The SMILES string of the molecule is CC(C)=C(F)C(=O)N1CCC(O)(C(F)(F)F)CC1. The fourth-order valence-corrected chi connectivity index (χ4v) is 1.72. The van der Waals surface area contributed by atoms with Crippen molar-refractivity contribution in [2.24, 2.45) is 0 Å². The lowest BCUT2D eigenvalue weighted by molar-refractivity contribution is -0.272. The molecule has 0 aromatic carbocycles. The zero-order valence-electron chi connectivity index (χ0n) is 10.1. The van der Waals surface area contributed by atoms with Crippen LogP contribution < -0.4 is 0 Å². The Hall–Kier alpha value is -1.11. The molecule has 1 aliphatic heterocycles. The molecule has 0 aromatic heterocycles. The second kappa shape index (κ2) is 4.87. The molecule has 0 aromatic rings. The first kappa shape index (κ1) is 14.9. The molecule has 1 fully saturated rings. The number of halogens is 4. The number of amides is 1. The predicted octanol–water partition coefficient (Wildman–Crippen LogP) is 2.17. The lowest BCUT2D eigenvalue weighted by atomic mass is 9.90. The molecule has 0 spiro atoms. The second-order valence-corrected chi connectivity index (χ2v) is 4.64. The van der Waals surface area contributed by atoms with Gasteiger partial charge in [-0.2, -0.15) is 13.2 Å². The summed E-state index contributed by atoms with van der Waals surface area (Å²) in [6.45, 7) is 2.19. The van der Waals surface area contributed by atoms with Gasteiger partial charge in [-0.3, -0.25) is 4.79 Å². The highest BCUT2D eigenvalue weighted by Gasteiger charge is 2.55. The van der Waals surface area contributed by atoms with Crippen LogP contribution in [-0.2, 0) is 4.79 Å². The van der Waals surface area contributed by atoms with E-state index in [1.807, 2.05) is 0 Å². The normalized spacial score (nSPS) is 19.6. The molecule has 0 aliphatic carbocycles. The van der Waals surface area contributed by atoms with Gasteiger partial charge in [-0.25, -0.2) is 4.39 Å². The van der Waals surface area contributed by atoms with Gasteiger partial charge in [-0.15, -0.1) is 0 Å². The van der Waals surface area contributed by atoms with Gasteiger partial charge in [0.15, 0.2) is 11.4 Å². The molecule has 1 rings (SSSR count). The van der Waals surface area contributed by atoms with Crippen molar-refractivity contribution < 1.29 is 27.5 Å². The molecule has 0 unspecified atom stereocenters. The molecule has 1 amide bonds. The monoisotopic (exact) mass is 269 g/mol. The van der Waals surface area contributed by atoms with E-state index in [9.17, 15) is 27.5 Å². The van der Waals surface area contributed by atoms with Gasteiger partial charge in [-0.05, 0) is 19.4 Å². The van der Waals surface area contributed by atoms with E-state index in [1.165, 1.54) is 13.8 Å². The summed E-state index contributed by atoms with van der Waals surface area (Å²) in [5.74, 6) is -1.87. The lowest BCUT2D eigenvalue weighted by Gasteiger charge is -2.38. The number of hydrogen-bond donors (Lipinski definition) is 1. The number of alkyl halides is 3. The van der Waals surface area contributed by atoms with Gasteiger partial charge in [0.25, 0.3) is 5.91 Å². The minimum atomic E-state index is -4.73. The fraction of sp³-hybridized carbons (Fsp3) is 0.727. The summed E-state index contributed by atoms with van der Waals surface area (Å²) in [6.07, 6.45) is -5.98. The Morgan fingerprint density at radius 2 is 1.67 bits per heavy atom. The number of hydrogen-bond acceptors (Lipinski definition) is 2. The first-order chi connectivity index (χ1) is 8.08. The Morgan fingerprint density at radius 1 is 1.22 bits per heavy atom. The fourth-order valence-electron chi connectivity index (χ4n) is 1.72. The first-order valence-corrected chi connectivity index (χ1v) is 5.50. The van der Waals surface area contributed by atoms with Crippen LogP contribution in [0.3, 0.4) is 0 Å². The number of likely N-dealkylation sites (tertiary alicyclic amines) is 1. The second-order valence-electron chi connectivity index (χ2n) is 4.64. The van der Waals surface area contributed by atoms with Crippen molar-refractivity contribution in [3.63, 3.8) is 0 Å². The molecule has 104 valence electrons. The van der Waals surface area contributed by atoms with Crippen molar-refractivity contribution in [3.8, 4) is 0 Å². The Kier molecular flexibility index (Phi) is 4.05. The topological polar surface area (TPSA) is 40.5 Å². The third-order valence-corrected chi connectivity index (χ3v) is 3.03. The number of carbonyl (C=O) groups is 1. The van der Waals surface area contributed by atoms with Crippen LogP contribution in [0.2, 0.25) is 0 Å². The van der Waals surface area contributed by atoms with Crippen LogP contribution in [0.15, 0.2) is 11.4 Å². The highest BCUT2D eigenvalue weighted by Crippen LogP contribution is 2.38. The molecule has 0 radical (unpaired) electrons. The highest BCUT2D eigenvalue weighted by atomic mass is 19.4. The minimum absolute atomic E-state index is 0.177. The van der Waals surface area contributed by atoms with Gasteiger partial charge in [0.1, 0.15) is 0 Å². The zero-order valence-corrected chi connectivity index (χ0v) is 10.1. The molecule has 18 heavy (non-hydrogen) atoms. The first-order valence-electron chi connectivity index (χ1n) is 5.50. The van der Waals surface area contributed by atoms with E-state index >= 15 is 0 Å². The van der Waals surface area contributed by atoms with E-state index in [0.717, 1.165) is 4.90 Å². The van der Waals surface area contributed by atoms with Gasteiger partial charge in [-0.1, -0.05) is 0 Å². The summed E-state index contributed by atoms with van der Waals surface area (Å²) in [5.41, 5.74) is -2.60. The number of rotatable bonds is 1. The molecule has 1 aliphatic rings. The highest BCUT2D eigenvalue weighted by molar-refractivity contribution is 5.91. The van der Waals surface area contributed by atoms with E-state index in [0.29, 0.717) is 0 Å². The molecule has 0 saturated carbocycles. The predicted molar refractivity (Wildman–Crippen MR) is 56.3 cm³/mol. The number of carbonyl (C=O) groups excluding carboxylic acids is 1. The van der Waals surface area contributed by atoms with Crippen LogP contribution in [0.1, 0.15) is 26.7 Å². The summed E-state index contributed by atoms with van der Waals surface area (Å²) < 4.78 is 50.8. The maximum absolute atomic E-state index is 13.3. The van der Waals surface area contributed by atoms with Crippen LogP contribution in [0.4, 0.5) is 17.6 Å². The summed E-state index contributed by atoms with van der Waals surface area (Å²) in [7, 11) is 0. The van der Waals surface area contributed by atoms with Crippen molar-refractivity contribution in [1.82, 2.24) is 4.90 Å². The third kappa shape index (κ3) is 2.82. The standard InChI is InChI=1S/C11H15F4NO2/c1-7(2)8(12)9(17)16-5-3-10(18,4-6-16)11(13,14)15/h18H,3-6H2,1-2H3. The van der Waals surface area contributed by atoms with Crippen LogP contribution in [0.5, 0.6) is 0 Å². The Bertz CT molecular complexity index is 364. The van der Waals surface area contributed by atoms with Crippen molar-refractivity contribution >= 4 is 5.91 Å². The molecular formula is C11H15F4NO2. The molecular weight excluding hydrogens is 254 g/mol. The van der Waals surface area contributed by atoms with Crippen molar-refractivity contribution in [1.29, 1.82) is 0 Å². The summed E-state index contributed by atoms with van der Waals surface area (Å²) >= 11 is 0. The van der Waals surface area contributed by atoms with E-state index in [1.54, 1.807) is 0 Å². The van der Waals surface area contributed by atoms with Gasteiger partial charge >= 0.3 is 6.18 Å². The lowest BCUT2D eigenvalue weighted by Crippen LogP contribution is -2.54. The van der Waals surface area contributed by atoms with Crippen LogP contribution >= 0.6 is 0 Å². The summed E-state index contributed by atoms with van der Waals surface area (Å²) in [4.78, 5) is 12.5. The van der Waals surface area contributed by atoms with Gasteiger partial charge in [0, 0.05) is 25.9 Å². The summed E-state index contributed by atoms with van der Waals surface area (Å²) in [6, 6.07) is 0. The van der Waals surface area contributed by atoms with E-state index in [4.69, 9.17) is 0 Å². The number of allylic oxidation sites excluding steroid dienone is 1. The van der Waals surface area contributed by atoms with Gasteiger partial charge in [0.05, 0.1) is 0 Å². The number of nitrogens with zero attached hydrogens (tertiary/aromatic N) is 1. The largest absolute Gasteiger partial charge is 0.417 e. The Balaban J connectivity index is 2.71. The van der Waals surface area contributed by atoms with Crippen molar-refractivity contribution in [2.45, 2.75) is 38.5 Å². The van der Waals surface area contributed by atoms with E-state index in [-0.39, 0.29) is 18.7 Å². The number of piperidine rings is 1. The average molecular weight is 269 g/mol. The quantitative estimate of drug-likeness (QED) is 0.585. The molecule has 0 atom stereocenters. The van der Waals surface area contributed by atoms with Crippen LogP contribution in [0, 0.1) is 0 Å². The molecule has 1 N–H and O–H groups in total. The van der Waals surface area contributed by atoms with Crippen molar-refractivity contribution in [3.05, 3.63) is 11.4 Å². The van der Waals surface area contributed by atoms with Crippen LogP contribution in [0.25, 0.3) is 0 Å². The number of aliphatic hydroxyl groups is 1. The van der Waals surface area contributed by atoms with Crippen molar-refractivity contribution in [2.75, 3.05) is 13.1 Å². The van der Waals surface area contributed by atoms with Gasteiger partial charge in [0.2, 0.25) is 0 Å². The van der Waals surface area contributed by atoms with Crippen LogP contribution in [-0.4, -0.2) is 40.8 Å². The molecule has 7 heteroatoms. The average Bonchev–Trinajstić information content (AvgIpc) is 2.26. The molecule has 3 nitrogen and oxygen atoms in total. The molecule has 1 heterocycles. The Labute approximate surface area is 102 Å². The van der Waals surface area contributed by atoms with E-state index < -0.39 is 36.4 Å². The smallest absolute Gasteiger partial charge is 0.380 e. The van der Waals surface area contributed by atoms with Gasteiger partial charge < -0.3 is 10.0 Å². The summed E-state index contributed by atoms with van der Waals surface area (Å²) in [5, 5.41) is 9.39. The third-order valence-electron chi connectivity index (χ3n) is 3.03. The molecule has 0 bridgehead atoms. The zero-order chi connectivity index (χ0) is 14.1. The maximum atomic E-state index is 13.3.